The number of hydrogen-bond acceptors (Lipinski definition) is 7. The van der Waals surface area contributed by atoms with Crippen LogP contribution in [0.2, 0.25) is 0 Å². The number of nitro benzene ring substituents is 1. The van der Waals surface area contributed by atoms with E-state index in [0.717, 1.165) is 4.90 Å². The van der Waals surface area contributed by atoms with E-state index >= 15 is 0 Å². The van der Waals surface area contributed by atoms with Crippen molar-refractivity contribution in [2.45, 2.75) is 0 Å². The van der Waals surface area contributed by atoms with Crippen LogP contribution in [0.5, 0.6) is 0 Å². The van der Waals surface area contributed by atoms with Crippen molar-refractivity contribution >= 4 is 35.3 Å². The number of ether oxygens (including phenoxy) is 1. The second-order valence-corrected chi connectivity index (χ2v) is 6.13. The summed E-state index contributed by atoms with van der Waals surface area (Å²) in [6.07, 6.45) is 2.59. The highest BCUT2D eigenvalue weighted by atomic mass is 16.6. The smallest absolute Gasteiger partial charge is 0.331 e. The maximum absolute atomic E-state index is 12.4. The summed E-state index contributed by atoms with van der Waals surface area (Å²) >= 11 is 0. The molecule has 2 saturated heterocycles. The van der Waals surface area contributed by atoms with Crippen molar-refractivity contribution in [3.05, 3.63) is 52.1 Å². The van der Waals surface area contributed by atoms with Gasteiger partial charge in [-0.05, 0) is 17.7 Å². The van der Waals surface area contributed by atoms with Gasteiger partial charge in [0.15, 0.2) is 0 Å². The van der Waals surface area contributed by atoms with Crippen LogP contribution < -0.4 is 10.2 Å². The van der Waals surface area contributed by atoms with E-state index in [-0.39, 0.29) is 17.8 Å². The zero-order valence-corrected chi connectivity index (χ0v) is 14.9. The molecule has 0 atom stereocenters. The van der Waals surface area contributed by atoms with Crippen molar-refractivity contribution in [3.63, 3.8) is 0 Å². The number of carbonyl (C=O) groups is 3. The van der Waals surface area contributed by atoms with E-state index in [4.69, 9.17) is 4.74 Å². The average molecular weight is 386 g/mol. The van der Waals surface area contributed by atoms with Crippen LogP contribution in [0.1, 0.15) is 5.56 Å². The van der Waals surface area contributed by atoms with Gasteiger partial charge < -0.3 is 9.64 Å². The number of nitrogens with zero attached hydrogens (tertiary/aromatic N) is 3. The number of morpholine rings is 1. The number of carbonyl (C=O) groups excluding carboxylic acids is 3. The maximum atomic E-state index is 12.4. The number of nitrogens with one attached hydrogen (secondary N) is 1. The number of amides is 4. The van der Waals surface area contributed by atoms with Crippen LogP contribution in [0, 0.1) is 10.1 Å². The lowest BCUT2D eigenvalue weighted by atomic mass is 10.1. The molecule has 4 amide bonds. The summed E-state index contributed by atoms with van der Waals surface area (Å²) in [6.45, 7) is 5.42. The van der Waals surface area contributed by atoms with Gasteiger partial charge in [-0.1, -0.05) is 12.1 Å². The largest absolute Gasteiger partial charge is 0.378 e. The Kier molecular flexibility index (Phi) is 5.50. The van der Waals surface area contributed by atoms with E-state index < -0.39 is 22.8 Å². The van der Waals surface area contributed by atoms with Crippen molar-refractivity contribution < 1.29 is 24.0 Å². The highest BCUT2D eigenvalue weighted by Gasteiger charge is 2.35. The first-order valence-corrected chi connectivity index (χ1v) is 8.53. The summed E-state index contributed by atoms with van der Waals surface area (Å²) in [5.74, 6) is -1.64. The molecule has 0 unspecified atom stereocenters. The minimum Gasteiger partial charge on any atom is -0.378 e. The van der Waals surface area contributed by atoms with Gasteiger partial charge in [-0.3, -0.25) is 29.9 Å². The third-order valence-electron chi connectivity index (χ3n) is 4.36. The Morgan fingerprint density at radius 2 is 1.96 bits per heavy atom. The number of barbiturate groups is 1. The third kappa shape index (κ3) is 3.76. The van der Waals surface area contributed by atoms with Gasteiger partial charge in [-0.25, -0.2) is 4.79 Å². The minimum atomic E-state index is -0.852. The second kappa shape index (κ2) is 8.01. The van der Waals surface area contributed by atoms with Crippen molar-refractivity contribution in [3.8, 4) is 0 Å². The predicted molar refractivity (Wildman–Crippen MR) is 99.6 cm³/mol. The molecule has 0 aliphatic carbocycles. The first kappa shape index (κ1) is 19.2. The Morgan fingerprint density at radius 3 is 2.61 bits per heavy atom. The fourth-order valence-electron chi connectivity index (χ4n) is 3.00. The molecule has 0 aromatic heterocycles. The summed E-state index contributed by atoms with van der Waals surface area (Å²) < 4.78 is 5.27. The normalized spacial score (nSPS) is 19.0. The SMILES string of the molecule is C=CCN1C(=O)NC(=O)/C(=C/c2ccc(N3CCOCC3)c([N+](=O)[O-])c2)C1=O. The van der Waals surface area contributed by atoms with Gasteiger partial charge in [0.1, 0.15) is 11.3 Å². The molecule has 2 aliphatic heterocycles. The molecule has 3 rings (SSSR count). The van der Waals surface area contributed by atoms with Gasteiger partial charge in [0.25, 0.3) is 17.5 Å². The van der Waals surface area contributed by atoms with Gasteiger partial charge in [-0.15, -0.1) is 6.58 Å². The van der Waals surface area contributed by atoms with E-state index in [1.165, 1.54) is 18.2 Å². The van der Waals surface area contributed by atoms with Gasteiger partial charge >= 0.3 is 6.03 Å². The maximum Gasteiger partial charge on any atom is 0.331 e. The number of benzene rings is 1. The summed E-state index contributed by atoms with van der Waals surface area (Å²) in [5, 5.41) is 13.6. The molecule has 10 nitrogen and oxygen atoms in total. The van der Waals surface area contributed by atoms with Gasteiger partial charge in [-0.2, -0.15) is 0 Å². The molecule has 2 fully saturated rings. The molecule has 146 valence electrons. The molecular weight excluding hydrogens is 368 g/mol. The van der Waals surface area contributed by atoms with Crippen molar-refractivity contribution in [2.75, 3.05) is 37.7 Å². The minimum absolute atomic E-state index is 0.0641. The van der Waals surface area contributed by atoms with Gasteiger partial charge in [0.2, 0.25) is 0 Å². The summed E-state index contributed by atoms with van der Waals surface area (Å²) in [4.78, 5) is 50.0. The number of imide groups is 2. The van der Waals surface area contributed by atoms with Crippen LogP contribution in [0.3, 0.4) is 0 Å². The molecule has 0 bridgehead atoms. The quantitative estimate of drug-likeness (QED) is 0.264. The van der Waals surface area contributed by atoms with Gasteiger partial charge in [0.05, 0.1) is 18.1 Å². The topological polar surface area (TPSA) is 122 Å². The number of urea groups is 1. The first-order valence-electron chi connectivity index (χ1n) is 8.53. The first-order chi connectivity index (χ1) is 13.4. The molecular formula is C18H18N4O6. The van der Waals surface area contributed by atoms with E-state index in [1.807, 2.05) is 4.90 Å². The summed E-state index contributed by atoms with van der Waals surface area (Å²) in [7, 11) is 0. The molecule has 2 heterocycles. The standard InChI is InChI=1S/C18H18N4O6/c1-2-5-21-17(24)13(16(23)19-18(21)25)10-12-3-4-14(15(11-12)22(26)27)20-6-8-28-9-7-20/h2-4,10-11H,1,5-9H2,(H,19,23,25)/b13-10-. The van der Waals surface area contributed by atoms with Crippen molar-refractivity contribution in [1.29, 1.82) is 0 Å². The van der Waals surface area contributed by atoms with E-state index in [2.05, 4.69) is 11.9 Å². The lowest BCUT2D eigenvalue weighted by Crippen LogP contribution is -2.54. The Hall–Kier alpha value is -3.53. The Bertz CT molecular complexity index is 888. The fraction of sp³-hybridized carbons (Fsp3) is 0.278. The molecule has 1 aromatic carbocycles. The molecule has 28 heavy (non-hydrogen) atoms. The van der Waals surface area contributed by atoms with Crippen molar-refractivity contribution in [2.24, 2.45) is 0 Å². The lowest BCUT2D eigenvalue weighted by Gasteiger charge is -2.28. The monoisotopic (exact) mass is 386 g/mol. The Labute approximate surface area is 160 Å². The molecule has 0 spiro atoms. The zero-order valence-electron chi connectivity index (χ0n) is 14.9. The van der Waals surface area contributed by atoms with Crippen LogP contribution in [0.15, 0.2) is 36.4 Å². The number of nitro groups is 1. The van der Waals surface area contributed by atoms with Crippen LogP contribution in [0.4, 0.5) is 16.2 Å². The fourth-order valence-corrected chi connectivity index (χ4v) is 3.00. The molecule has 1 aromatic rings. The second-order valence-electron chi connectivity index (χ2n) is 6.13. The third-order valence-corrected chi connectivity index (χ3v) is 4.36. The average Bonchev–Trinajstić information content (AvgIpc) is 2.69. The molecule has 2 aliphatic rings. The van der Waals surface area contributed by atoms with E-state index in [1.54, 1.807) is 12.1 Å². The van der Waals surface area contributed by atoms with Crippen LogP contribution >= 0.6 is 0 Å². The van der Waals surface area contributed by atoms with Crippen molar-refractivity contribution in [1.82, 2.24) is 10.2 Å². The molecule has 10 heteroatoms. The number of hydrogen-bond donors (Lipinski definition) is 1. The Morgan fingerprint density at radius 1 is 1.25 bits per heavy atom. The highest BCUT2D eigenvalue weighted by molar-refractivity contribution is 6.31. The van der Waals surface area contributed by atoms with Gasteiger partial charge in [0, 0.05) is 25.7 Å². The summed E-state index contributed by atoms with van der Waals surface area (Å²) in [6, 6.07) is 3.63. The molecule has 1 N–H and O–H groups in total. The van der Waals surface area contributed by atoms with Crippen LogP contribution in [0.25, 0.3) is 6.08 Å². The predicted octanol–water partition coefficient (Wildman–Crippen LogP) is 1.08. The number of anilines is 1. The zero-order chi connectivity index (χ0) is 20.3. The lowest BCUT2D eigenvalue weighted by molar-refractivity contribution is -0.384. The summed E-state index contributed by atoms with van der Waals surface area (Å²) in [5.41, 5.74) is 0.322. The Balaban J connectivity index is 1.96. The van der Waals surface area contributed by atoms with Crippen LogP contribution in [-0.4, -0.2) is 60.5 Å². The molecule has 0 radical (unpaired) electrons. The number of rotatable bonds is 5. The van der Waals surface area contributed by atoms with E-state index in [0.29, 0.717) is 37.6 Å². The van der Waals surface area contributed by atoms with E-state index in [9.17, 15) is 24.5 Å². The van der Waals surface area contributed by atoms with Crippen LogP contribution in [-0.2, 0) is 14.3 Å². The highest BCUT2D eigenvalue weighted by Crippen LogP contribution is 2.31. The molecule has 0 saturated carbocycles.